The van der Waals surface area contributed by atoms with Gasteiger partial charge in [-0.3, -0.25) is 14.6 Å². The molecular formula is C19H23N3O3. The molecule has 2 aromatic rings. The van der Waals surface area contributed by atoms with Crippen LogP contribution in [0, 0.1) is 13.8 Å². The lowest BCUT2D eigenvalue weighted by atomic mass is 9.88. The number of aromatic amines is 2. The third-order valence-electron chi connectivity index (χ3n) is 4.99. The molecule has 0 spiro atoms. The van der Waals surface area contributed by atoms with E-state index in [0.29, 0.717) is 30.3 Å². The van der Waals surface area contributed by atoms with Crippen molar-refractivity contribution in [1.29, 1.82) is 0 Å². The molecule has 0 unspecified atom stereocenters. The first-order chi connectivity index (χ1) is 12.0. The van der Waals surface area contributed by atoms with E-state index in [1.165, 1.54) is 11.1 Å². The lowest BCUT2D eigenvalue weighted by Crippen LogP contribution is -2.41. The summed E-state index contributed by atoms with van der Waals surface area (Å²) in [6, 6.07) is 8.28. The first kappa shape index (κ1) is 17.2. The highest BCUT2D eigenvalue weighted by atomic mass is 16.2. The SMILES string of the molecule is Cc1ccccc1[C@H]1CCCN(C(=O)Cc2c(C)[nH]c(=O)[nH]c2=O)C1. The number of carbonyl (C=O) groups excluding carboxylic acids is 1. The number of nitrogens with zero attached hydrogens (tertiary/aromatic N) is 1. The number of likely N-dealkylation sites (tertiary alicyclic amines) is 1. The van der Waals surface area contributed by atoms with Crippen LogP contribution in [0.2, 0.25) is 0 Å². The fourth-order valence-corrected chi connectivity index (χ4v) is 3.60. The fourth-order valence-electron chi connectivity index (χ4n) is 3.60. The minimum absolute atomic E-state index is 0.0123. The molecular weight excluding hydrogens is 318 g/mol. The molecule has 1 aromatic heterocycles. The third-order valence-corrected chi connectivity index (χ3v) is 4.99. The quantitative estimate of drug-likeness (QED) is 0.890. The molecule has 0 aliphatic carbocycles. The second-order valence-electron chi connectivity index (χ2n) is 6.72. The highest BCUT2D eigenvalue weighted by Gasteiger charge is 2.26. The molecule has 0 radical (unpaired) electrons. The summed E-state index contributed by atoms with van der Waals surface area (Å²) in [5.74, 6) is 0.257. The summed E-state index contributed by atoms with van der Waals surface area (Å²) in [6.45, 7) is 5.12. The highest BCUT2D eigenvalue weighted by molar-refractivity contribution is 5.79. The molecule has 0 bridgehead atoms. The van der Waals surface area contributed by atoms with Gasteiger partial charge in [-0.25, -0.2) is 4.79 Å². The van der Waals surface area contributed by atoms with Gasteiger partial charge in [-0.1, -0.05) is 24.3 Å². The lowest BCUT2D eigenvalue weighted by molar-refractivity contribution is -0.131. The van der Waals surface area contributed by atoms with Gasteiger partial charge in [0.1, 0.15) is 0 Å². The van der Waals surface area contributed by atoms with Gasteiger partial charge in [-0.05, 0) is 37.8 Å². The van der Waals surface area contributed by atoms with Gasteiger partial charge < -0.3 is 9.88 Å². The van der Waals surface area contributed by atoms with Crippen molar-refractivity contribution in [3.8, 4) is 0 Å². The predicted molar refractivity (Wildman–Crippen MR) is 95.9 cm³/mol. The van der Waals surface area contributed by atoms with E-state index >= 15 is 0 Å². The molecule has 1 saturated heterocycles. The van der Waals surface area contributed by atoms with Crippen molar-refractivity contribution in [1.82, 2.24) is 14.9 Å². The molecule has 0 saturated carbocycles. The fraction of sp³-hybridized carbons (Fsp3) is 0.421. The summed E-state index contributed by atoms with van der Waals surface area (Å²) in [4.78, 5) is 42.5. The van der Waals surface area contributed by atoms with Crippen LogP contribution in [0.4, 0.5) is 0 Å². The van der Waals surface area contributed by atoms with Crippen molar-refractivity contribution in [2.45, 2.75) is 39.0 Å². The van der Waals surface area contributed by atoms with E-state index in [0.717, 1.165) is 12.8 Å². The Labute approximate surface area is 145 Å². The number of hydrogen-bond donors (Lipinski definition) is 2. The van der Waals surface area contributed by atoms with Gasteiger partial charge in [0.25, 0.3) is 5.56 Å². The average Bonchev–Trinajstić information content (AvgIpc) is 2.58. The highest BCUT2D eigenvalue weighted by Crippen LogP contribution is 2.29. The number of hydrogen-bond acceptors (Lipinski definition) is 3. The molecule has 6 nitrogen and oxygen atoms in total. The van der Waals surface area contributed by atoms with E-state index < -0.39 is 11.2 Å². The zero-order valence-corrected chi connectivity index (χ0v) is 14.6. The minimum atomic E-state index is -0.545. The number of piperidine rings is 1. The van der Waals surface area contributed by atoms with Crippen LogP contribution in [0.25, 0.3) is 0 Å². The first-order valence-electron chi connectivity index (χ1n) is 8.61. The first-order valence-corrected chi connectivity index (χ1v) is 8.61. The number of aryl methyl sites for hydroxylation is 2. The van der Waals surface area contributed by atoms with E-state index in [2.05, 4.69) is 29.0 Å². The Bertz CT molecular complexity index is 897. The van der Waals surface area contributed by atoms with Crippen LogP contribution in [0.3, 0.4) is 0 Å². The maximum absolute atomic E-state index is 12.7. The summed E-state index contributed by atoms with van der Waals surface area (Å²) in [6.07, 6.45) is 2.02. The monoisotopic (exact) mass is 341 g/mol. The Morgan fingerprint density at radius 1 is 1.20 bits per heavy atom. The normalized spacial score (nSPS) is 17.5. The predicted octanol–water partition coefficient (Wildman–Crippen LogP) is 1.63. The van der Waals surface area contributed by atoms with Crippen molar-refractivity contribution >= 4 is 5.91 Å². The van der Waals surface area contributed by atoms with Gasteiger partial charge >= 0.3 is 5.69 Å². The third kappa shape index (κ3) is 3.73. The van der Waals surface area contributed by atoms with E-state index in [1.54, 1.807) is 6.92 Å². The average molecular weight is 341 g/mol. The van der Waals surface area contributed by atoms with Crippen LogP contribution >= 0.6 is 0 Å². The van der Waals surface area contributed by atoms with E-state index in [1.807, 2.05) is 17.0 Å². The van der Waals surface area contributed by atoms with Crippen molar-refractivity contribution in [2.75, 3.05) is 13.1 Å². The zero-order chi connectivity index (χ0) is 18.0. The number of benzene rings is 1. The molecule has 1 fully saturated rings. The second kappa shape index (κ2) is 7.09. The molecule has 1 aromatic carbocycles. The molecule has 1 atom stereocenters. The molecule has 2 heterocycles. The number of amides is 1. The molecule has 25 heavy (non-hydrogen) atoms. The van der Waals surface area contributed by atoms with Crippen LogP contribution < -0.4 is 11.2 Å². The van der Waals surface area contributed by atoms with Crippen LogP contribution in [-0.4, -0.2) is 33.9 Å². The summed E-state index contributed by atoms with van der Waals surface area (Å²) in [5.41, 5.74) is 2.29. The van der Waals surface area contributed by atoms with Crippen LogP contribution in [0.1, 0.15) is 41.1 Å². The standard InChI is InChI=1S/C19H23N3O3/c1-12-6-3-4-8-15(12)14-7-5-9-22(11-14)17(23)10-16-13(2)20-19(25)21-18(16)24/h3-4,6,8,14H,5,7,9-11H2,1-2H3,(H2,20,21,24,25)/t14-/m0/s1. The van der Waals surface area contributed by atoms with E-state index in [9.17, 15) is 14.4 Å². The molecule has 3 rings (SSSR count). The van der Waals surface area contributed by atoms with E-state index in [4.69, 9.17) is 0 Å². The van der Waals surface area contributed by atoms with Crippen molar-refractivity contribution in [2.24, 2.45) is 0 Å². The van der Waals surface area contributed by atoms with Crippen LogP contribution in [-0.2, 0) is 11.2 Å². The van der Waals surface area contributed by atoms with Crippen LogP contribution in [0.15, 0.2) is 33.9 Å². The molecule has 2 N–H and O–H groups in total. The lowest BCUT2D eigenvalue weighted by Gasteiger charge is -2.33. The smallest absolute Gasteiger partial charge is 0.325 e. The second-order valence-corrected chi connectivity index (χ2v) is 6.72. The zero-order valence-electron chi connectivity index (χ0n) is 14.6. The Hall–Kier alpha value is -2.63. The number of rotatable bonds is 3. The molecule has 1 aliphatic rings. The maximum Gasteiger partial charge on any atom is 0.325 e. The number of nitrogens with one attached hydrogen (secondary N) is 2. The summed E-state index contributed by atoms with van der Waals surface area (Å²) < 4.78 is 0. The Morgan fingerprint density at radius 2 is 1.96 bits per heavy atom. The van der Waals surface area contributed by atoms with Gasteiger partial charge in [0.05, 0.1) is 6.42 Å². The molecule has 132 valence electrons. The maximum atomic E-state index is 12.7. The number of carbonyl (C=O) groups is 1. The topological polar surface area (TPSA) is 86.0 Å². The number of H-pyrrole nitrogens is 2. The van der Waals surface area contributed by atoms with Crippen molar-refractivity contribution < 1.29 is 4.79 Å². The molecule has 6 heteroatoms. The van der Waals surface area contributed by atoms with Gasteiger partial charge in [0, 0.05) is 30.3 Å². The summed E-state index contributed by atoms with van der Waals surface area (Å²) in [5, 5.41) is 0. The van der Waals surface area contributed by atoms with Crippen LogP contribution in [0.5, 0.6) is 0 Å². The number of aromatic nitrogens is 2. The van der Waals surface area contributed by atoms with E-state index in [-0.39, 0.29) is 12.3 Å². The minimum Gasteiger partial charge on any atom is -0.342 e. The van der Waals surface area contributed by atoms with Gasteiger partial charge in [0.2, 0.25) is 5.91 Å². The Kier molecular flexibility index (Phi) is 4.88. The Morgan fingerprint density at radius 3 is 2.68 bits per heavy atom. The van der Waals surface area contributed by atoms with Gasteiger partial charge in [-0.2, -0.15) is 0 Å². The van der Waals surface area contributed by atoms with Gasteiger partial charge in [-0.15, -0.1) is 0 Å². The molecule has 1 aliphatic heterocycles. The van der Waals surface area contributed by atoms with Crippen molar-refractivity contribution in [3.63, 3.8) is 0 Å². The Balaban J connectivity index is 1.76. The molecule has 1 amide bonds. The van der Waals surface area contributed by atoms with Crippen molar-refractivity contribution in [3.05, 3.63) is 67.5 Å². The largest absolute Gasteiger partial charge is 0.342 e. The summed E-state index contributed by atoms with van der Waals surface area (Å²) >= 11 is 0. The van der Waals surface area contributed by atoms with Gasteiger partial charge in [0.15, 0.2) is 0 Å². The summed E-state index contributed by atoms with van der Waals surface area (Å²) in [7, 11) is 0.